The summed E-state index contributed by atoms with van der Waals surface area (Å²) in [5, 5.41) is 0. The van der Waals surface area contributed by atoms with Gasteiger partial charge in [-0.05, 0) is 13.3 Å². The minimum absolute atomic E-state index is 0.142. The molecule has 96 valence electrons. The molecule has 0 amide bonds. The van der Waals surface area contributed by atoms with Gasteiger partial charge in [-0.25, -0.2) is 4.72 Å². The monoisotopic (exact) mass is 251 g/mol. The van der Waals surface area contributed by atoms with Gasteiger partial charge in [0.2, 0.25) is 0 Å². The summed E-state index contributed by atoms with van der Waals surface area (Å²) >= 11 is 0. The second kappa shape index (κ2) is 5.92. The van der Waals surface area contributed by atoms with Crippen LogP contribution in [0.2, 0.25) is 0 Å². The third-order valence-electron chi connectivity index (χ3n) is 2.55. The van der Waals surface area contributed by atoms with Gasteiger partial charge in [0, 0.05) is 25.7 Å². The molecule has 1 rings (SSSR count). The zero-order chi connectivity index (χ0) is 12.2. The second-order valence-corrected chi connectivity index (χ2v) is 5.72. The molecule has 16 heavy (non-hydrogen) atoms. The molecule has 1 fully saturated rings. The lowest BCUT2D eigenvalue weighted by Gasteiger charge is -2.36. The Kier molecular flexibility index (Phi) is 5.13. The molecule has 1 saturated heterocycles. The molecule has 0 aromatic heterocycles. The number of hydrogen-bond acceptors (Lipinski definition) is 4. The Labute approximate surface area is 97.3 Å². The first-order valence-electron chi connectivity index (χ1n) is 5.59. The molecule has 2 atom stereocenters. The van der Waals surface area contributed by atoms with E-state index >= 15 is 0 Å². The summed E-state index contributed by atoms with van der Waals surface area (Å²) in [5.74, 6) is 0. The Bertz CT molecular complexity index is 307. The molecular weight excluding hydrogens is 230 g/mol. The van der Waals surface area contributed by atoms with Crippen molar-refractivity contribution in [1.29, 1.82) is 0 Å². The van der Waals surface area contributed by atoms with Crippen LogP contribution in [0.15, 0.2) is 0 Å². The molecule has 0 bridgehead atoms. The minimum Gasteiger partial charge on any atom is -0.374 e. The van der Waals surface area contributed by atoms with Crippen molar-refractivity contribution in [3.8, 4) is 0 Å². The van der Waals surface area contributed by atoms with E-state index in [2.05, 4.69) is 4.72 Å². The van der Waals surface area contributed by atoms with Crippen LogP contribution in [0.3, 0.4) is 0 Å². The molecule has 0 aliphatic carbocycles. The summed E-state index contributed by atoms with van der Waals surface area (Å²) in [6.07, 6.45) is 0.576. The zero-order valence-corrected chi connectivity index (χ0v) is 10.7. The molecule has 0 radical (unpaired) electrons. The highest BCUT2D eigenvalue weighted by Gasteiger charge is 2.33. The molecule has 0 saturated carbocycles. The van der Waals surface area contributed by atoms with Gasteiger partial charge in [0.25, 0.3) is 10.2 Å². The third-order valence-corrected chi connectivity index (χ3v) is 4.25. The van der Waals surface area contributed by atoms with Crippen LogP contribution >= 0.6 is 0 Å². The van der Waals surface area contributed by atoms with E-state index in [0.717, 1.165) is 6.42 Å². The smallest absolute Gasteiger partial charge is 0.279 e. The minimum atomic E-state index is -3.39. The summed E-state index contributed by atoms with van der Waals surface area (Å²) < 4.78 is 33.3. The van der Waals surface area contributed by atoms with Gasteiger partial charge < -0.3 is 10.5 Å². The van der Waals surface area contributed by atoms with E-state index in [-0.39, 0.29) is 12.1 Å². The van der Waals surface area contributed by atoms with Crippen LogP contribution in [0.4, 0.5) is 0 Å². The van der Waals surface area contributed by atoms with Gasteiger partial charge in [0.1, 0.15) is 0 Å². The fourth-order valence-electron chi connectivity index (χ4n) is 1.58. The number of nitrogens with one attached hydrogen (secondary N) is 1. The largest absolute Gasteiger partial charge is 0.374 e. The van der Waals surface area contributed by atoms with Crippen molar-refractivity contribution in [2.75, 3.05) is 26.2 Å². The Hall–Kier alpha value is -0.210. The highest BCUT2D eigenvalue weighted by Crippen LogP contribution is 2.14. The lowest BCUT2D eigenvalue weighted by atomic mass is 10.2. The predicted octanol–water partition coefficient (Wildman–Crippen LogP) is -0.721. The van der Waals surface area contributed by atoms with E-state index in [0.29, 0.717) is 26.2 Å². The summed E-state index contributed by atoms with van der Waals surface area (Å²) in [7, 11) is -3.39. The lowest BCUT2D eigenvalue weighted by Crippen LogP contribution is -2.55. The standard InChI is InChI=1S/C9H21N3O3S/c1-3-4-11-16(13,14)12-6-9(5-10)15-7-8(12)2/h8-9,11H,3-7,10H2,1-2H3. The van der Waals surface area contributed by atoms with Crippen LogP contribution in [-0.4, -0.2) is 51.1 Å². The van der Waals surface area contributed by atoms with Crippen molar-refractivity contribution in [1.82, 2.24) is 9.03 Å². The van der Waals surface area contributed by atoms with Gasteiger partial charge in [-0.1, -0.05) is 6.92 Å². The maximum atomic E-state index is 11.9. The van der Waals surface area contributed by atoms with Gasteiger partial charge in [0.05, 0.1) is 12.7 Å². The molecule has 1 aliphatic heterocycles. The van der Waals surface area contributed by atoms with Crippen molar-refractivity contribution in [3.63, 3.8) is 0 Å². The van der Waals surface area contributed by atoms with Crippen molar-refractivity contribution in [3.05, 3.63) is 0 Å². The van der Waals surface area contributed by atoms with Gasteiger partial charge in [-0.3, -0.25) is 0 Å². The summed E-state index contributed by atoms with van der Waals surface area (Å²) in [5.41, 5.74) is 5.49. The molecule has 7 heteroatoms. The van der Waals surface area contributed by atoms with E-state index in [4.69, 9.17) is 10.5 Å². The van der Waals surface area contributed by atoms with Gasteiger partial charge in [0.15, 0.2) is 0 Å². The maximum absolute atomic E-state index is 11.9. The van der Waals surface area contributed by atoms with Crippen LogP contribution in [0.1, 0.15) is 20.3 Å². The van der Waals surface area contributed by atoms with Crippen LogP contribution in [0.5, 0.6) is 0 Å². The molecule has 1 aliphatic rings. The highest BCUT2D eigenvalue weighted by atomic mass is 32.2. The number of ether oxygens (including phenoxy) is 1. The average molecular weight is 251 g/mol. The Morgan fingerprint density at radius 1 is 1.56 bits per heavy atom. The van der Waals surface area contributed by atoms with Gasteiger partial charge in [-0.15, -0.1) is 0 Å². The normalized spacial score (nSPS) is 28.2. The van der Waals surface area contributed by atoms with Crippen molar-refractivity contribution in [2.24, 2.45) is 5.73 Å². The SMILES string of the molecule is CCCNS(=O)(=O)N1CC(CN)OCC1C. The topological polar surface area (TPSA) is 84.7 Å². The van der Waals surface area contributed by atoms with Crippen LogP contribution in [0.25, 0.3) is 0 Å². The highest BCUT2D eigenvalue weighted by molar-refractivity contribution is 7.87. The maximum Gasteiger partial charge on any atom is 0.279 e. The van der Waals surface area contributed by atoms with E-state index < -0.39 is 10.2 Å². The molecule has 0 aromatic carbocycles. The van der Waals surface area contributed by atoms with Gasteiger partial charge in [-0.2, -0.15) is 12.7 Å². The second-order valence-electron chi connectivity index (χ2n) is 4.01. The quantitative estimate of drug-likeness (QED) is 0.675. The molecule has 2 unspecified atom stereocenters. The zero-order valence-electron chi connectivity index (χ0n) is 9.85. The number of morpholine rings is 1. The Balaban J connectivity index is 2.68. The fourth-order valence-corrected chi connectivity index (χ4v) is 3.11. The van der Waals surface area contributed by atoms with Crippen LogP contribution in [0, 0.1) is 0 Å². The van der Waals surface area contributed by atoms with Crippen molar-refractivity contribution in [2.45, 2.75) is 32.4 Å². The van der Waals surface area contributed by atoms with E-state index in [1.165, 1.54) is 4.31 Å². The van der Waals surface area contributed by atoms with E-state index in [9.17, 15) is 8.42 Å². The molecular formula is C9H21N3O3S. The first kappa shape index (κ1) is 13.9. The molecule has 0 aromatic rings. The number of nitrogens with two attached hydrogens (primary N) is 1. The first-order chi connectivity index (χ1) is 7.51. The van der Waals surface area contributed by atoms with E-state index in [1.54, 1.807) is 0 Å². The molecule has 6 nitrogen and oxygen atoms in total. The summed E-state index contributed by atoms with van der Waals surface area (Å²) in [6, 6.07) is -0.142. The lowest BCUT2D eigenvalue weighted by molar-refractivity contribution is -0.0223. The molecule has 3 N–H and O–H groups in total. The number of nitrogens with zero attached hydrogens (tertiary/aromatic N) is 1. The first-order valence-corrected chi connectivity index (χ1v) is 7.03. The van der Waals surface area contributed by atoms with Crippen LogP contribution < -0.4 is 10.5 Å². The Morgan fingerprint density at radius 3 is 2.81 bits per heavy atom. The third kappa shape index (κ3) is 3.39. The van der Waals surface area contributed by atoms with Crippen LogP contribution in [-0.2, 0) is 14.9 Å². The molecule has 1 heterocycles. The Morgan fingerprint density at radius 2 is 2.25 bits per heavy atom. The number of hydrogen-bond donors (Lipinski definition) is 2. The van der Waals surface area contributed by atoms with Crippen molar-refractivity contribution < 1.29 is 13.2 Å². The van der Waals surface area contributed by atoms with Crippen molar-refractivity contribution >= 4 is 10.2 Å². The molecule has 0 spiro atoms. The van der Waals surface area contributed by atoms with Gasteiger partial charge >= 0.3 is 0 Å². The average Bonchev–Trinajstić information content (AvgIpc) is 2.27. The number of rotatable bonds is 5. The summed E-state index contributed by atoms with van der Waals surface area (Å²) in [6.45, 7) is 5.28. The summed E-state index contributed by atoms with van der Waals surface area (Å²) in [4.78, 5) is 0. The van der Waals surface area contributed by atoms with E-state index in [1.807, 2.05) is 13.8 Å². The fraction of sp³-hybridized carbons (Fsp3) is 1.00. The predicted molar refractivity (Wildman–Crippen MR) is 62.2 cm³/mol.